The molecule has 0 aliphatic heterocycles. The molecule has 0 aliphatic rings. The lowest BCUT2D eigenvalue weighted by Gasteiger charge is -2.00. The molecule has 0 saturated heterocycles. The number of amides is 1. The number of carbonyl (C=O) groups excluding carboxylic acids is 1. The number of aromatic nitrogens is 4. The van der Waals surface area contributed by atoms with Gasteiger partial charge >= 0.3 is 0 Å². The fourth-order valence-corrected chi connectivity index (χ4v) is 3.06. The zero-order valence-corrected chi connectivity index (χ0v) is 13.2. The van der Waals surface area contributed by atoms with Gasteiger partial charge in [0.05, 0.1) is 17.8 Å². The fourth-order valence-electron chi connectivity index (χ4n) is 1.67. The first kappa shape index (κ1) is 14.5. The molecule has 3 aromatic heterocycles. The second-order valence-electron chi connectivity index (χ2n) is 4.40. The van der Waals surface area contributed by atoms with Crippen molar-refractivity contribution in [3.63, 3.8) is 0 Å². The van der Waals surface area contributed by atoms with E-state index in [1.54, 1.807) is 18.5 Å². The number of aryl methyl sites for hydroxylation is 1. The quantitative estimate of drug-likeness (QED) is 0.746. The molecule has 0 atom stereocenters. The normalized spacial score (nSPS) is 10.4. The number of hydrogen-bond donors (Lipinski definition) is 2. The van der Waals surface area contributed by atoms with E-state index in [2.05, 4.69) is 30.0 Å². The summed E-state index contributed by atoms with van der Waals surface area (Å²) in [5, 5.41) is 9.04. The zero-order valence-electron chi connectivity index (χ0n) is 11.6. The molecule has 0 fully saturated rings. The maximum absolute atomic E-state index is 11.9. The maximum atomic E-state index is 11.9. The van der Waals surface area contributed by atoms with E-state index in [0.29, 0.717) is 16.8 Å². The van der Waals surface area contributed by atoms with Crippen LogP contribution in [0.1, 0.15) is 11.4 Å². The predicted molar refractivity (Wildman–Crippen MR) is 86.6 cm³/mol. The van der Waals surface area contributed by atoms with E-state index in [9.17, 15) is 4.79 Å². The summed E-state index contributed by atoms with van der Waals surface area (Å²) in [6.07, 6.45) is 3.51. The summed E-state index contributed by atoms with van der Waals surface area (Å²) in [4.78, 5) is 24.4. The smallest absolute Gasteiger partial charge is 0.231 e. The summed E-state index contributed by atoms with van der Waals surface area (Å²) in [7, 11) is 0. The molecule has 2 N–H and O–H groups in total. The zero-order chi connectivity index (χ0) is 15.4. The van der Waals surface area contributed by atoms with Gasteiger partial charge in [-0.1, -0.05) is 0 Å². The Balaban J connectivity index is 1.58. The molecule has 0 bridgehead atoms. The van der Waals surface area contributed by atoms with E-state index in [1.165, 1.54) is 22.9 Å². The Bertz CT molecular complexity index is 770. The van der Waals surface area contributed by atoms with Crippen LogP contribution in [0.3, 0.4) is 0 Å². The van der Waals surface area contributed by atoms with Crippen molar-refractivity contribution >= 4 is 44.9 Å². The maximum Gasteiger partial charge on any atom is 0.231 e. The van der Waals surface area contributed by atoms with Gasteiger partial charge in [-0.2, -0.15) is 4.37 Å². The Morgan fingerprint density at radius 1 is 1.32 bits per heavy atom. The molecule has 0 aliphatic carbocycles. The van der Waals surface area contributed by atoms with Crippen LogP contribution in [0, 0.1) is 6.92 Å². The summed E-state index contributed by atoms with van der Waals surface area (Å²) < 4.78 is 4.12. The molecule has 3 aromatic rings. The van der Waals surface area contributed by atoms with Crippen molar-refractivity contribution in [2.24, 2.45) is 0 Å². The minimum Gasteiger partial charge on any atom is -0.316 e. The van der Waals surface area contributed by atoms with Crippen LogP contribution < -0.4 is 10.6 Å². The number of nitrogens with one attached hydrogen (secondary N) is 2. The average Bonchev–Trinajstić information content (AvgIpc) is 3.09. The van der Waals surface area contributed by atoms with Gasteiger partial charge < -0.3 is 10.6 Å². The van der Waals surface area contributed by atoms with Crippen molar-refractivity contribution in [3.8, 4) is 0 Å². The lowest BCUT2D eigenvalue weighted by atomic mass is 10.3. The second-order valence-corrected chi connectivity index (χ2v) is 6.06. The number of hydrogen-bond acceptors (Lipinski definition) is 8. The highest BCUT2D eigenvalue weighted by atomic mass is 32.1. The van der Waals surface area contributed by atoms with Crippen LogP contribution >= 0.6 is 22.9 Å². The van der Waals surface area contributed by atoms with Crippen molar-refractivity contribution in [2.45, 2.75) is 13.3 Å². The minimum absolute atomic E-state index is 0.114. The van der Waals surface area contributed by atoms with Gasteiger partial charge in [-0.3, -0.25) is 4.79 Å². The highest BCUT2D eigenvalue weighted by Gasteiger charge is 2.10. The van der Waals surface area contributed by atoms with Crippen LogP contribution in [0.25, 0.3) is 0 Å². The molecule has 22 heavy (non-hydrogen) atoms. The van der Waals surface area contributed by atoms with E-state index in [4.69, 9.17) is 0 Å². The number of anilines is 3. The molecule has 9 heteroatoms. The molecule has 0 unspecified atom stereocenters. The Labute approximate surface area is 134 Å². The van der Waals surface area contributed by atoms with Crippen LogP contribution in [0.4, 0.5) is 16.1 Å². The summed E-state index contributed by atoms with van der Waals surface area (Å²) in [6, 6.07) is 3.58. The third-order valence-corrected chi connectivity index (χ3v) is 4.17. The molecule has 1 amide bonds. The van der Waals surface area contributed by atoms with Crippen LogP contribution in [-0.4, -0.2) is 25.2 Å². The van der Waals surface area contributed by atoms with Crippen molar-refractivity contribution in [1.29, 1.82) is 0 Å². The Kier molecular flexibility index (Phi) is 4.35. The molecule has 3 heterocycles. The molecule has 0 saturated carbocycles. The highest BCUT2D eigenvalue weighted by Crippen LogP contribution is 2.20. The summed E-state index contributed by atoms with van der Waals surface area (Å²) in [5.41, 5.74) is 1.59. The van der Waals surface area contributed by atoms with Crippen LogP contribution in [0.5, 0.6) is 0 Å². The molecular formula is C13H12N6OS2. The van der Waals surface area contributed by atoms with E-state index in [-0.39, 0.29) is 12.3 Å². The Hall–Kier alpha value is -2.39. The van der Waals surface area contributed by atoms with Crippen molar-refractivity contribution < 1.29 is 4.79 Å². The molecule has 3 rings (SSSR count). The number of thiazole rings is 1. The second kappa shape index (κ2) is 6.58. The standard InChI is InChI=1S/C13H12N6OS2/c1-8-5-11(22-19-8)17-10(20)6-9-7-21-13(16-9)18-12-14-3-2-4-15-12/h2-5,7H,6H2,1H3,(H,17,20)(H,14,15,16,18). The van der Waals surface area contributed by atoms with Gasteiger partial charge in [0.25, 0.3) is 0 Å². The number of nitrogens with zero attached hydrogens (tertiary/aromatic N) is 4. The van der Waals surface area contributed by atoms with E-state index in [0.717, 1.165) is 10.7 Å². The van der Waals surface area contributed by atoms with Gasteiger partial charge in [0.2, 0.25) is 11.9 Å². The van der Waals surface area contributed by atoms with Gasteiger partial charge in [-0.15, -0.1) is 11.3 Å². The number of carbonyl (C=O) groups is 1. The third kappa shape index (κ3) is 3.83. The monoisotopic (exact) mass is 332 g/mol. The lowest BCUT2D eigenvalue weighted by Crippen LogP contribution is -2.13. The van der Waals surface area contributed by atoms with Gasteiger partial charge in [-0.25, -0.2) is 15.0 Å². The first-order chi connectivity index (χ1) is 10.7. The molecule has 0 aromatic carbocycles. The first-order valence-electron chi connectivity index (χ1n) is 6.40. The highest BCUT2D eigenvalue weighted by molar-refractivity contribution is 7.13. The van der Waals surface area contributed by atoms with Crippen LogP contribution in [0.2, 0.25) is 0 Å². The van der Waals surface area contributed by atoms with E-state index in [1.807, 2.05) is 18.4 Å². The lowest BCUT2D eigenvalue weighted by molar-refractivity contribution is -0.115. The van der Waals surface area contributed by atoms with Crippen LogP contribution in [-0.2, 0) is 11.2 Å². The summed E-state index contributed by atoms with van der Waals surface area (Å²) in [6.45, 7) is 1.89. The summed E-state index contributed by atoms with van der Waals surface area (Å²) in [5.74, 6) is 0.365. The molecule has 112 valence electrons. The Morgan fingerprint density at radius 3 is 2.86 bits per heavy atom. The van der Waals surface area contributed by atoms with E-state index < -0.39 is 0 Å². The van der Waals surface area contributed by atoms with Gasteiger partial charge in [0, 0.05) is 17.8 Å². The van der Waals surface area contributed by atoms with Gasteiger partial charge in [0.15, 0.2) is 5.13 Å². The summed E-state index contributed by atoms with van der Waals surface area (Å²) >= 11 is 2.67. The molecule has 0 spiro atoms. The van der Waals surface area contributed by atoms with E-state index >= 15 is 0 Å². The minimum atomic E-state index is -0.114. The van der Waals surface area contributed by atoms with Gasteiger partial charge in [-0.05, 0) is 30.6 Å². The van der Waals surface area contributed by atoms with Crippen LogP contribution in [0.15, 0.2) is 29.9 Å². The Morgan fingerprint density at radius 2 is 2.14 bits per heavy atom. The SMILES string of the molecule is Cc1cc(NC(=O)Cc2csc(Nc3ncccn3)n2)sn1. The molecule has 7 nitrogen and oxygen atoms in total. The van der Waals surface area contributed by atoms with Crippen molar-refractivity contribution in [3.05, 3.63) is 41.3 Å². The fraction of sp³-hybridized carbons (Fsp3) is 0.154. The molecular weight excluding hydrogens is 320 g/mol. The van der Waals surface area contributed by atoms with Crippen molar-refractivity contribution in [2.75, 3.05) is 10.6 Å². The first-order valence-corrected chi connectivity index (χ1v) is 8.06. The molecule has 0 radical (unpaired) electrons. The van der Waals surface area contributed by atoms with Gasteiger partial charge in [0.1, 0.15) is 5.00 Å². The third-order valence-electron chi connectivity index (χ3n) is 2.57. The topological polar surface area (TPSA) is 92.7 Å². The largest absolute Gasteiger partial charge is 0.316 e. The predicted octanol–water partition coefficient (Wildman–Crippen LogP) is 2.62. The average molecular weight is 332 g/mol. The number of rotatable bonds is 5. The van der Waals surface area contributed by atoms with Crippen molar-refractivity contribution in [1.82, 2.24) is 19.3 Å².